The molecule has 0 saturated heterocycles. The Balaban J connectivity index is 0. The molecule has 0 rings (SSSR count). The number of carbonyl (C=O) groups excluding carboxylic acids is 2. The molecule has 0 aromatic rings. The molecular weight excluding hydrogens is 296 g/mol. The Kier molecular flexibility index (Phi) is 22.8. The topological polar surface area (TPSA) is 34.1 Å². The molecule has 0 bridgehead atoms. The Labute approximate surface area is 150 Å². The first-order chi connectivity index (χ1) is 11.6. The summed E-state index contributed by atoms with van der Waals surface area (Å²) in [7, 11) is 0. The van der Waals surface area contributed by atoms with Gasteiger partial charge in [-0.1, -0.05) is 69.8 Å². The van der Waals surface area contributed by atoms with Crippen LogP contribution in [0.1, 0.15) is 98.3 Å². The molecule has 0 aliphatic rings. The number of rotatable bonds is 14. The number of aldehydes is 2. The van der Waals surface area contributed by atoms with E-state index in [1.807, 2.05) is 6.08 Å². The van der Waals surface area contributed by atoms with Crippen LogP contribution in [0, 0.1) is 5.92 Å². The second-order valence-corrected chi connectivity index (χ2v) is 6.80. The smallest absolute Gasteiger partial charge is 0.123 e. The van der Waals surface area contributed by atoms with Crippen molar-refractivity contribution in [2.45, 2.75) is 98.3 Å². The van der Waals surface area contributed by atoms with Crippen LogP contribution in [0.25, 0.3) is 0 Å². The zero-order valence-corrected chi connectivity index (χ0v) is 16.6. The maximum absolute atomic E-state index is 10.1. The number of carbonyl (C=O) groups is 2. The summed E-state index contributed by atoms with van der Waals surface area (Å²) in [5, 5.41) is 0. The van der Waals surface area contributed by atoms with Gasteiger partial charge >= 0.3 is 0 Å². The van der Waals surface area contributed by atoms with E-state index in [0.29, 0.717) is 18.8 Å². The minimum Gasteiger partial charge on any atom is -0.303 e. The summed E-state index contributed by atoms with van der Waals surface area (Å²) in [5.41, 5.74) is 1.36. The van der Waals surface area contributed by atoms with Gasteiger partial charge < -0.3 is 9.59 Å². The predicted molar refractivity (Wildman–Crippen MR) is 106 cm³/mol. The number of unbranched alkanes of at least 4 members (excludes halogenated alkanes) is 6. The second kappa shape index (κ2) is 21.8. The van der Waals surface area contributed by atoms with Crippen LogP contribution < -0.4 is 0 Å². The number of hydrogen-bond donors (Lipinski definition) is 0. The average molecular weight is 337 g/mol. The fraction of sp³-hybridized carbons (Fsp3) is 0.727. The predicted octanol–water partition coefficient (Wildman–Crippen LogP) is 6.84. The summed E-state index contributed by atoms with van der Waals surface area (Å²) in [5.74, 6) is 0.545. The van der Waals surface area contributed by atoms with Gasteiger partial charge in [0, 0.05) is 12.8 Å². The monoisotopic (exact) mass is 336 g/mol. The molecule has 1 unspecified atom stereocenters. The van der Waals surface area contributed by atoms with Crippen LogP contribution in [-0.2, 0) is 9.59 Å². The molecule has 2 heteroatoms. The molecule has 0 N–H and O–H groups in total. The van der Waals surface area contributed by atoms with Gasteiger partial charge in [-0.15, -0.1) is 0 Å². The molecule has 0 aromatic heterocycles. The molecule has 0 radical (unpaired) electrons. The molecule has 0 aromatic carbocycles. The van der Waals surface area contributed by atoms with Crippen LogP contribution >= 0.6 is 0 Å². The molecule has 0 fully saturated rings. The van der Waals surface area contributed by atoms with Gasteiger partial charge in [0.05, 0.1) is 0 Å². The average Bonchev–Trinajstić information content (AvgIpc) is 2.54. The van der Waals surface area contributed by atoms with E-state index in [2.05, 4.69) is 39.8 Å². The molecule has 0 saturated carbocycles. The van der Waals surface area contributed by atoms with Gasteiger partial charge in [-0.05, 0) is 45.4 Å². The lowest BCUT2D eigenvalue weighted by atomic mass is 10.0. The van der Waals surface area contributed by atoms with Crippen LogP contribution in [0.15, 0.2) is 23.8 Å². The van der Waals surface area contributed by atoms with Crippen molar-refractivity contribution in [3.63, 3.8) is 0 Å². The zero-order chi connectivity index (χ0) is 18.5. The third-order valence-electron chi connectivity index (χ3n) is 3.83. The minimum absolute atomic E-state index is 0.545. The first-order valence-electron chi connectivity index (χ1n) is 9.74. The van der Waals surface area contributed by atoms with Gasteiger partial charge in [0.1, 0.15) is 12.6 Å². The van der Waals surface area contributed by atoms with E-state index < -0.39 is 0 Å². The lowest BCUT2D eigenvalue weighted by Gasteiger charge is -2.03. The van der Waals surface area contributed by atoms with Crippen molar-refractivity contribution in [2.75, 3.05) is 0 Å². The Bertz CT molecular complexity index is 325. The lowest BCUT2D eigenvalue weighted by Crippen LogP contribution is -1.93. The molecule has 0 heterocycles. The van der Waals surface area contributed by atoms with Gasteiger partial charge in [0.25, 0.3) is 0 Å². The van der Waals surface area contributed by atoms with E-state index in [0.717, 1.165) is 31.8 Å². The Hall–Kier alpha value is -1.18. The normalized spacial score (nSPS) is 11.5. The zero-order valence-electron chi connectivity index (χ0n) is 16.6. The highest BCUT2D eigenvalue weighted by Crippen LogP contribution is 2.09. The van der Waals surface area contributed by atoms with Gasteiger partial charge in [0.15, 0.2) is 0 Å². The van der Waals surface area contributed by atoms with Crippen molar-refractivity contribution in [1.82, 2.24) is 0 Å². The summed E-state index contributed by atoms with van der Waals surface area (Å²) in [4.78, 5) is 20.1. The van der Waals surface area contributed by atoms with Crippen LogP contribution in [-0.4, -0.2) is 12.6 Å². The van der Waals surface area contributed by atoms with Gasteiger partial charge in [-0.2, -0.15) is 0 Å². The second-order valence-electron chi connectivity index (χ2n) is 6.80. The Morgan fingerprint density at radius 2 is 1.54 bits per heavy atom. The van der Waals surface area contributed by atoms with Crippen molar-refractivity contribution in [3.05, 3.63) is 23.8 Å². The molecular formula is C22H40O2. The van der Waals surface area contributed by atoms with Crippen molar-refractivity contribution >= 4 is 12.6 Å². The first-order valence-corrected chi connectivity index (χ1v) is 9.74. The van der Waals surface area contributed by atoms with E-state index in [-0.39, 0.29) is 0 Å². The largest absolute Gasteiger partial charge is 0.303 e. The Morgan fingerprint density at radius 3 is 2.12 bits per heavy atom. The molecule has 2 nitrogen and oxygen atoms in total. The standard InChI is InChI=1S/C12H22O.C10H18O/c1-2-3-4-5-6-7-8-9-10-11-12-13;1-9(2)5-4-6-10(3)7-8-11/h9-10,12H,2-8,11H2,1H3;5,8,10H,4,6-7H2,1-3H3/b10-9-;. The molecule has 0 spiro atoms. The van der Waals surface area contributed by atoms with Gasteiger partial charge in [-0.3, -0.25) is 0 Å². The first kappa shape index (κ1) is 25.1. The summed E-state index contributed by atoms with van der Waals surface area (Å²) >= 11 is 0. The quantitative estimate of drug-likeness (QED) is 0.198. The Morgan fingerprint density at radius 1 is 0.875 bits per heavy atom. The maximum atomic E-state index is 10.1. The van der Waals surface area contributed by atoms with Crippen LogP contribution in [0.2, 0.25) is 0 Å². The fourth-order valence-electron chi connectivity index (χ4n) is 2.25. The van der Waals surface area contributed by atoms with Crippen LogP contribution in [0.3, 0.4) is 0 Å². The number of allylic oxidation sites excluding steroid dienone is 4. The number of hydrogen-bond acceptors (Lipinski definition) is 2. The highest BCUT2D eigenvalue weighted by molar-refractivity contribution is 5.51. The van der Waals surface area contributed by atoms with E-state index in [1.54, 1.807) is 0 Å². The SMILES string of the molecule is CC(C)=CCCC(C)CC=O.CCCCCCCC/C=C\CC=O. The third kappa shape index (κ3) is 25.8. The molecule has 0 aliphatic carbocycles. The van der Waals surface area contributed by atoms with E-state index in [1.165, 1.54) is 44.1 Å². The molecule has 140 valence electrons. The molecule has 0 aliphatic heterocycles. The van der Waals surface area contributed by atoms with Crippen LogP contribution in [0.4, 0.5) is 0 Å². The minimum atomic E-state index is 0.545. The van der Waals surface area contributed by atoms with Crippen molar-refractivity contribution < 1.29 is 9.59 Å². The van der Waals surface area contributed by atoms with Gasteiger partial charge in [-0.25, -0.2) is 0 Å². The van der Waals surface area contributed by atoms with E-state index >= 15 is 0 Å². The summed E-state index contributed by atoms with van der Waals surface area (Å²) in [6.07, 6.45) is 21.0. The highest BCUT2D eigenvalue weighted by atomic mass is 16.1. The molecule has 1 atom stereocenters. The van der Waals surface area contributed by atoms with Gasteiger partial charge in [0.2, 0.25) is 0 Å². The summed E-state index contributed by atoms with van der Waals surface area (Å²) in [6.45, 7) is 8.56. The molecule has 24 heavy (non-hydrogen) atoms. The third-order valence-corrected chi connectivity index (χ3v) is 3.83. The fourth-order valence-corrected chi connectivity index (χ4v) is 2.25. The summed E-state index contributed by atoms with van der Waals surface area (Å²) in [6, 6.07) is 0. The highest BCUT2D eigenvalue weighted by Gasteiger charge is 1.98. The van der Waals surface area contributed by atoms with Crippen molar-refractivity contribution in [3.8, 4) is 0 Å². The van der Waals surface area contributed by atoms with Crippen molar-refractivity contribution in [2.24, 2.45) is 5.92 Å². The van der Waals surface area contributed by atoms with E-state index in [4.69, 9.17) is 0 Å². The molecule has 0 amide bonds. The maximum Gasteiger partial charge on any atom is 0.123 e. The van der Waals surface area contributed by atoms with Crippen molar-refractivity contribution in [1.29, 1.82) is 0 Å². The van der Waals surface area contributed by atoms with E-state index in [9.17, 15) is 9.59 Å². The van der Waals surface area contributed by atoms with Crippen LogP contribution in [0.5, 0.6) is 0 Å². The lowest BCUT2D eigenvalue weighted by molar-refractivity contribution is -0.108. The summed E-state index contributed by atoms with van der Waals surface area (Å²) < 4.78 is 0.